The maximum Gasteiger partial charge on any atom is 0.416 e. The van der Waals surface area contributed by atoms with Crippen molar-refractivity contribution < 1.29 is 18.0 Å². The van der Waals surface area contributed by atoms with E-state index in [1.54, 1.807) is 11.0 Å². The average molecular weight is 334 g/mol. The first-order valence-electron chi connectivity index (χ1n) is 7.69. The van der Waals surface area contributed by atoms with E-state index in [1.807, 2.05) is 24.3 Å². The Morgan fingerprint density at radius 2 is 1.83 bits per heavy atom. The van der Waals surface area contributed by atoms with Gasteiger partial charge >= 0.3 is 12.2 Å². The highest BCUT2D eigenvalue weighted by Gasteiger charge is 2.30. The topological polar surface area (TPSA) is 32.3 Å². The molecule has 0 aromatic heterocycles. The van der Waals surface area contributed by atoms with E-state index in [0.717, 1.165) is 24.1 Å². The Balaban J connectivity index is 1.61. The Kier molecular flexibility index (Phi) is 4.46. The van der Waals surface area contributed by atoms with Crippen LogP contribution in [0.3, 0.4) is 0 Å². The monoisotopic (exact) mass is 334 g/mol. The molecule has 1 heterocycles. The Morgan fingerprint density at radius 3 is 2.58 bits per heavy atom. The van der Waals surface area contributed by atoms with Gasteiger partial charge in [0.05, 0.1) is 5.56 Å². The van der Waals surface area contributed by atoms with Gasteiger partial charge in [-0.15, -0.1) is 0 Å². The predicted molar refractivity (Wildman–Crippen MR) is 84.2 cm³/mol. The molecule has 2 aromatic rings. The zero-order chi connectivity index (χ0) is 17.2. The normalized spacial score (nSPS) is 14.2. The minimum Gasteiger partial charge on any atom is -0.334 e. The molecule has 0 atom stereocenters. The Labute approximate surface area is 138 Å². The van der Waals surface area contributed by atoms with Gasteiger partial charge in [-0.1, -0.05) is 36.4 Å². The molecule has 1 N–H and O–H groups in total. The quantitative estimate of drug-likeness (QED) is 0.885. The molecule has 2 amide bonds. The number of halogens is 3. The van der Waals surface area contributed by atoms with Gasteiger partial charge in [0.15, 0.2) is 0 Å². The molecular weight excluding hydrogens is 317 g/mol. The van der Waals surface area contributed by atoms with Crippen molar-refractivity contribution in [2.45, 2.75) is 25.7 Å². The van der Waals surface area contributed by atoms with Crippen molar-refractivity contribution in [2.75, 3.05) is 6.54 Å². The summed E-state index contributed by atoms with van der Waals surface area (Å²) < 4.78 is 38.1. The van der Waals surface area contributed by atoms with Crippen LogP contribution in [0, 0.1) is 0 Å². The molecule has 0 saturated heterocycles. The second kappa shape index (κ2) is 6.55. The van der Waals surface area contributed by atoms with E-state index in [-0.39, 0.29) is 12.6 Å². The second-order valence-electron chi connectivity index (χ2n) is 5.80. The number of benzene rings is 2. The van der Waals surface area contributed by atoms with Crippen LogP contribution in [0.4, 0.5) is 18.0 Å². The number of amides is 2. The van der Waals surface area contributed by atoms with Crippen molar-refractivity contribution in [3.05, 3.63) is 70.8 Å². The van der Waals surface area contributed by atoms with E-state index in [4.69, 9.17) is 0 Å². The number of urea groups is 1. The lowest BCUT2D eigenvalue weighted by Crippen LogP contribution is -2.42. The summed E-state index contributed by atoms with van der Waals surface area (Å²) in [6, 6.07) is 12.7. The van der Waals surface area contributed by atoms with Crippen LogP contribution in [0.5, 0.6) is 0 Å². The van der Waals surface area contributed by atoms with Gasteiger partial charge in [0.1, 0.15) is 0 Å². The molecule has 0 radical (unpaired) electrons. The molecule has 2 aromatic carbocycles. The number of rotatable bonds is 2. The van der Waals surface area contributed by atoms with Crippen LogP contribution in [0.25, 0.3) is 0 Å². The highest BCUT2D eigenvalue weighted by molar-refractivity contribution is 5.74. The number of nitrogens with one attached hydrogen (secondary N) is 1. The van der Waals surface area contributed by atoms with E-state index < -0.39 is 11.7 Å². The zero-order valence-electron chi connectivity index (χ0n) is 12.9. The molecule has 126 valence electrons. The van der Waals surface area contributed by atoms with Gasteiger partial charge < -0.3 is 10.2 Å². The fraction of sp³-hybridized carbons (Fsp3) is 0.278. The first-order chi connectivity index (χ1) is 11.4. The highest BCUT2D eigenvalue weighted by Crippen LogP contribution is 2.29. The van der Waals surface area contributed by atoms with Gasteiger partial charge in [-0.3, -0.25) is 0 Å². The van der Waals surface area contributed by atoms with Gasteiger partial charge in [-0.05, 0) is 35.2 Å². The van der Waals surface area contributed by atoms with Crippen molar-refractivity contribution in [1.29, 1.82) is 0 Å². The SMILES string of the molecule is O=C(NCc1cccc(C(F)(F)F)c1)N1CCc2ccccc2C1. The Hall–Kier alpha value is -2.50. The fourth-order valence-electron chi connectivity index (χ4n) is 2.82. The van der Waals surface area contributed by atoms with E-state index >= 15 is 0 Å². The summed E-state index contributed by atoms with van der Waals surface area (Å²) in [4.78, 5) is 13.9. The van der Waals surface area contributed by atoms with Crippen molar-refractivity contribution in [1.82, 2.24) is 10.2 Å². The third kappa shape index (κ3) is 3.69. The maximum absolute atomic E-state index is 12.7. The number of hydrogen-bond donors (Lipinski definition) is 1. The molecule has 0 bridgehead atoms. The lowest BCUT2D eigenvalue weighted by Gasteiger charge is -2.29. The van der Waals surface area contributed by atoms with Crippen LogP contribution in [0.1, 0.15) is 22.3 Å². The van der Waals surface area contributed by atoms with Crippen LogP contribution in [0.15, 0.2) is 48.5 Å². The number of fused-ring (bicyclic) bond motifs is 1. The summed E-state index contributed by atoms with van der Waals surface area (Å²) in [5.41, 5.74) is 2.06. The van der Waals surface area contributed by atoms with Gasteiger partial charge in [-0.2, -0.15) is 13.2 Å². The number of nitrogens with zero attached hydrogens (tertiary/aromatic N) is 1. The molecule has 1 aliphatic heterocycles. The third-order valence-corrected chi connectivity index (χ3v) is 4.12. The summed E-state index contributed by atoms with van der Waals surface area (Å²) in [5, 5.41) is 2.70. The van der Waals surface area contributed by atoms with Crippen LogP contribution in [0.2, 0.25) is 0 Å². The predicted octanol–water partition coefficient (Wildman–Crippen LogP) is 3.97. The van der Waals surface area contributed by atoms with E-state index in [0.29, 0.717) is 18.7 Å². The smallest absolute Gasteiger partial charge is 0.334 e. The molecule has 24 heavy (non-hydrogen) atoms. The van der Waals surface area contributed by atoms with E-state index in [1.165, 1.54) is 11.6 Å². The minimum absolute atomic E-state index is 0.0703. The summed E-state index contributed by atoms with van der Waals surface area (Å²) in [5.74, 6) is 0. The molecule has 1 aliphatic rings. The van der Waals surface area contributed by atoms with E-state index in [2.05, 4.69) is 5.32 Å². The highest BCUT2D eigenvalue weighted by atomic mass is 19.4. The Morgan fingerprint density at radius 1 is 1.08 bits per heavy atom. The molecule has 3 rings (SSSR count). The summed E-state index contributed by atoms with van der Waals surface area (Å²) in [6.45, 7) is 1.19. The lowest BCUT2D eigenvalue weighted by atomic mass is 10.0. The van der Waals surface area contributed by atoms with E-state index in [9.17, 15) is 18.0 Å². The van der Waals surface area contributed by atoms with Crippen LogP contribution in [-0.2, 0) is 25.7 Å². The fourth-order valence-corrected chi connectivity index (χ4v) is 2.82. The van der Waals surface area contributed by atoms with Gasteiger partial charge in [0.25, 0.3) is 0 Å². The van der Waals surface area contributed by atoms with Crippen LogP contribution >= 0.6 is 0 Å². The summed E-state index contributed by atoms with van der Waals surface area (Å²) in [7, 11) is 0. The molecule has 0 saturated carbocycles. The minimum atomic E-state index is -4.38. The van der Waals surface area contributed by atoms with Gasteiger partial charge in [-0.25, -0.2) is 4.79 Å². The third-order valence-electron chi connectivity index (χ3n) is 4.12. The number of carbonyl (C=O) groups excluding carboxylic acids is 1. The molecule has 3 nitrogen and oxygen atoms in total. The Bertz CT molecular complexity index is 743. The van der Waals surface area contributed by atoms with Gasteiger partial charge in [0.2, 0.25) is 0 Å². The zero-order valence-corrected chi connectivity index (χ0v) is 12.9. The van der Waals surface area contributed by atoms with Crippen molar-refractivity contribution >= 4 is 6.03 Å². The largest absolute Gasteiger partial charge is 0.416 e. The molecule has 0 aliphatic carbocycles. The standard InChI is InChI=1S/C18H17F3N2O/c19-18(20,21)16-7-3-4-13(10-16)11-22-17(24)23-9-8-14-5-1-2-6-15(14)12-23/h1-7,10H,8-9,11-12H2,(H,22,24). The first kappa shape index (κ1) is 16.4. The summed E-state index contributed by atoms with van der Waals surface area (Å²) in [6.07, 6.45) is -3.59. The summed E-state index contributed by atoms with van der Waals surface area (Å²) >= 11 is 0. The molecule has 0 unspecified atom stereocenters. The molecule has 0 fully saturated rings. The molecular formula is C18H17F3N2O. The van der Waals surface area contributed by atoms with Crippen LogP contribution < -0.4 is 5.32 Å². The maximum atomic E-state index is 12.7. The van der Waals surface area contributed by atoms with Gasteiger partial charge in [0, 0.05) is 19.6 Å². The molecule has 6 heteroatoms. The molecule has 0 spiro atoms. The lowest BCUT2D eigenvalue weighted by molar-refractivity contribution is -0.137. The first-order valence-corrected chi connectivity index (χ1v) is 7.69. The van der Waals surface area contributed by atoms with Crippen molar-refractivity contribution in [3.8, 4) is 0 Å². The number of carbonyl (C=O) groups is 1. The van der Waals surface area contributed by atoms with Crippen LogP contribution in [-0.4, -0.2) is 17.5 Å². The average Bonchev–Trinajstić information content (AvgIpc) is 2.59. The van der Waals surface area contributed by atoms with Crippen molar-refractivity contribution in [3.63, 3.8) is 0 Å². The number of alkyl halides is 3. The van der Waals surface area contributed by atoms with Crippen molar-refractivity contribution in [2.24, 2.45) is 0 Å². The second-order valence-corrected chi connectivity index (χ2v) is 5.80. The number of hydrogen-bond acceptors (Lipinski definition) is 1.